The predicted octanol–water partition coefficient (Wildman–Crippen LogP) is 2.85. The monoisotopic (exact) mass is 337 g/mol. The fourth-order valence-corrected chi connectivity index (χ4v) is 2.59. The highest BCUT2D eigenvalue weighted by Gasteiger charge is 2.24. The van der Waals surface area contributed by atoms with Gasteiger partial charge in [0.05, 0.1) is 0 Å². The first-order chi connectivity index (χ1) is 11.0. The first kappa shape index (κ1) is 17.6. The molecular weight excluding hydrogens is 314 g/mol. The largest absolute Gasteiger partial charge is 0.338 e. The second kappa shape index (κ2) is 8.20. The van der Waals surface area contributed by atoms with Crippen molar-refractivity contribution in [2.45, 2.75) is 20.3 Å². The van der Waals surface area contributed by atoms with Crippen LogP contribution in [0, 0.1) is 5.92 Å². The molecule has 0 unspecified atom stereocenters. The topological polar surface area (TPSA) is 52.7 Å². The highest BCUT2D eigenvalue weighted by molar-refractivity contribution is 6.30. The van der Waals surface area contributed by atoms with E-state index in [9.17, 15) is 9.59 Å². The van der Waals surface area contributed by atoms with Crippen LogP contribution in [0.5, 0.6) is 0 Å². The van der Waals surface area contributed by atoms with Gasteiger partial charge < -0.3 is 15.1 Å². The van der Waals surface area contributed by atoms with E-state index in [1.165, 1.54) is 0 Å². The summed E-state index contributed by atoms with van der Waals surface area (Å²) >= 11 is 5.84. The highest BCUT2D eigenvalue weighted by atomic mass is 35.5. The Morgan fingerprint density at radius 1 is 1.09 bits per heavy atom. The summed E-state index contributed by atoms with van der Waals surface area (Å²) in [6, 6.07) is 6.86. The van der Waals surface area contributed by atoms with Crippen molar-refractivity contribution < 1.29 is 9.59 Å². The minimum absolute atomic E-state index is 0.0125. The zero-order valence-electron chi connectivity index (χ0n) is 13.7. The number of amides is 3. The molecule has 0 bridgehead atoms. The third-order valence-electron chi connectivity index (χ3n) is 3.94. The molecule has 0 aromatic heterocycles. The Kier molecular flexibility index (Phi) is 6.28. The lowest BCUT2D eigenvalue weighted by Crippen LogP contribution is -2.53. The molecular formula is C17H24ClN3O2. The summed E-state index contributed by atoms with van der Waals surface area (Å²) in [7, 11) is 0. The maximum Gasteiger partial charge on any atom is 0.317 e. The van der Waals surface area contributed by atoms with Gasteiger partial charge in [0.25, 0.3) is 5.91 Å². The van der Waals surface area contributed by atoms with Crippen molar-refractivity contribution in [1.29, 1.82) is 0 Å². The molecule has 23 heavy (non-hydrogen) atoms. The molecule has 5 nitrogen and oxygen atoms in total. The van der Waals surface area contributed by atoms with Crippen LogP contribution < -0.4 is 5.32 Å². The second-order valence-corrected chi connectivity index (χ2v) is 6.64. The van der Waals surface area contributed by atoms with E-state index in [-0.39, 0.29) is 11.9 Å². The molecule has 1 saturated heterocycles. The molecule has 1 fully saturated rings. The molecule has 2 rings (SSSR count). The molecule has 1 aromatic carbocycles. The summed E-state index contributed by atoms with van der Waals surface area (Å²) in [6.45, 7) is 7.19. The van der Waals surface area contributed by atoms with Crippen molar-refractivity contribution in [1.82, 2.24) is 15.1 Å². The van der Waals surface area contributed by atoms with Crippen molar-refractivity contribution in [3.63, 3.8) is 0 Å². The van der Waals surface area contributed by atoms with Gasteiger partial charge in [-0.2, -0.15) is 0 Å². The van der Waals surface area contributed by atoms with Crippen molar-refractivity contribution in [3.05, 3.63) is 34.9 Å². The van der Waals surface area contributed by atoms with Crippen LogP contribution in [-0.2, 0) is 0 Å². The Bertz CT molecular complexity index is 537. The first-order valence-corrected chi connectivity index (χ1v) is 8.43. The van der Waals surface area contributed by atoms with Crippen LogP contribution in [0.25, 0.3) is 0 Å². The van der Waals surface area contributed by atoms with Crippen molar-refractivity contribution in [3.8, 4) is 0 Å². The molecule has 0 atom stereocenters. The van der Waals surface area contributed by atoms with E-state index in [2.05, 4.69) is 19.2 Å². The zero-order valence-corrected chi connectivity index (χ0v) is 14.5. The molecule has 0 spiro atoms. The lowest BCUT2D eigenvalue weighted by atomic mass is 10.1. The van der Waals surface area contributed by atoms with Gasteiger partial charge >= 0.3 is 6.03 Å². The first-order valence-electron chi connectivity index (χ1n) is 8.05. The smallest absolute Gasteiger partial charge is 0.317 e. The van der Waals surface area contributed by atoms with Crippen molar-refractivity contribution in [2.24, 2.45) is 5.92 Å². The standard InChI is InChI=1S/C17H24ClN3O2/c1-13(2)7-8-19-17(23)21-11-9-20(10-12-21)16(22)14-3-5-15(18)6-4-14/h3-6,13H,7-12H2,1-2H3,(H,19,23). The molecule has 1 aliphatic heterocycles. The van der Waals surface area contributed by atoms with Crippen LogP contribution in [0.3, 0.4) is 0 Å². The maximum atomic E-state index is 12.4. The maximum absolute atomic E-state index is 12.4. The third-order valence-corrected chi connectivity index (χ3v) is 4.20. The van der Waals surface area contributed by atoms with E-state index >= 15 is 0 Å². The van der Waals surface area contributed by atoms with Gasteiger partial charge in [0.15, 0.2) is 0 Å². The van der Waals surface area contributed by atoms with Crippen LogP contribution in [0.1, 0.15) is 30.6 Å². The lowest BCUT2D eigenvalue weighted by molar-refractivity contribution is 0.0665. The normalized spacial score (nSPS) is 15.0. The molecule has 1 N–H and O–H groups in total. The molecule has 126 valence electrons. The molecule has 6 heteroatoms. The van der Waals surface area contributed by atoms with Gasteiger partial charge in [-0.05, 0) is 36.6 Å². The van der Waals surface area contributed by atoms with Gasteiger partial charge in [-0.15, -0.1) is 0 Å². The zero-order chi connectivity index (χ0) is 16.8. The van der Waals surface area contributed by atoms with Gasteiger partial charge in [0.2, 0.25) is 0 Å². The highest BCUT2D eigenvalue weighted by Crippen LogP contribution is 2.13. The van der Waals surface area contributed by atoms with Crippen LogP contribution in [0.15, 0.2) is 24.3 Å². The minimum Gasteiger partial charge on any atom is -0.338 e. The lowest BCUT2D eigenvalue weighted by Gasteiger charge is -2.34. The average Bonchev–Trinajstić information content (AvgIpc) is 2.54. The number of piperazine rings is 1. The van der Waals surface area contributed by atoms with E-state index < -0.39 is 0 Å². The Morgan fingerprint density at radius 3 is 2.22 bits per heavy atom. The number of benzene rings is 1. The number of hydrogen-bond donors (Lipinski definition) is 1. The third kappa shape index (κ3) is 5.13. The van der Waals surface area contributed by atoms with Gasteiger partial charge in [0.1, 0.15) is 0 Å². The van der Waals surface area contributed by atoms with Crippen LogP contribution >= 0.6 is 11.6 Å². The molecule has 3 amide bonds. The van der Waals surface area contributed by atoms with Gasteiger partial charge in [-0.1, -0.05) is 25.4 Å². The number of nitrogens with one attached hydrogen (secondary N) is 1. The summed E-state index contributed by atoms with van der Waals surface area (Å²) in [5.74, 6) is 0.561. The van der Waals surface area contributed by atoms with E-state index in [4.69, 9.17) is 11.6 Å². The predicted molar refractivity (Wildman–Crippen MR) is 91.8 cm³/mol. The van der Waals surface area contributed by atoms with E-state index in [0.717, 1.165) is 6.42 Å². The summed E-state index contributed by atoms with van der Waals surface area (Å²) in [5.41, 5.74) is 0.629. The summed E-state index contributed by atoms with van der Waals surface area (Å²) in [4.78, 5) is 28.0. The molecule has 1 aromatic rings. The average molecular weight is 338 g/mol. The number of halogens is 1. The molecule has 0 radical (unpaired) electrons. The number of hydrogen-bond acceptors (Lipinski definition) is 2. The summed E-state index contributed by atoms with van der Waals surface area (Å²) < 4.78 is 0. The van der Waals surface area contributed by atoms with Gasteiger partial charge in [0, 0.05) is 43.3 Å². The molecule has 1 aliphatic rings. The minimum atomic E-state index is -0.0377. The SMILES string of the molecule is CC(C)CCNC(=O)N1CCN(C(=O)c2ccc(Cl)cc2)CC1. The van der Waals surface area contributed by atoms with Crippen LogP contribution in [-0.4, -0.2) is 54.5 Å². The second-order valence-electron chi connectivity index (χ2n) is 6.20. The van der Waals surface area contributed by atoms with Crippen molar-refractivity contribution in [2.75, 3.05) is 32.7 Å². The Balaban J connectivity index is 1.80. The Morgan fingerprint density at radius 2 is 1.65 bits per heavy atom. The number of rotatable bonds is 4. The number of carbonyl (C=O) groups is 2. The number of carbonyl (C=O) groups excluding carboxylic acids is 2. The van der Waals surface area contributed by atoms with Gasteiger partial charge in [-0.25, -0.2) is 4.79 Å². The Hall–Kier alpha value is -1.75. The van der Waals surface area contributed by atoms with E-state index in [0.29, 0.717) is 49.2 Å². The van der Waals surface area contributed by atoms with Crippen LogP contribution in [0.4, 0.5) is 4.79 Å². The summed E-state index contributed by atoms with van der Waals surface area (Å²) in [5, 5.41) is 3.55. The molecule has 0 saturated carbocycles. The molecule has 1 heterocycles. The van der Waals surface area contributed by atoms with E-state index in [1.54, 1.807) is 34.1 Å². The summed E-state index contributed by atoms with van der Waals surface area (Å²) in [6.07, 6.45) is 0.973. The number of nitrogens with zero attached hydrogens (tertiary/aromatic N) is 2. The van der Waals surface area contributed by atoms with Crippen molar-refractivity contribution >= 4 is 23.5 Å². The Labute approximate surface area is 142 Å². The number of urea groups is 1. The van der Waals surface area contributed by atoms with Gasteiger partial charge in [-0.3, -0.25) is 4.79 Å². The molecule has 0 aliphatic carbocycles. The fraction of sp³-hybridized carbons (Fsp3) is 0.529. The van der Waals surface area contributed by atoms with E-state index in [1.807, 2.05) is 0 Å². The quantitative estimate of drug-likeness (QED) is 0.918. The fourth-order valence-electron chi connectivity index (χ4n) is 2.47. The van der Waals surface area contributed by atoms with Crippen LogP contribution in [0.2, 0.25) is 5.02 Å².